The van der Waals surface area contributed by atoms with Crippen molar-refractivity contribution < 1.29 is 0 Å². The molecule has 0 aromatic carbocycles. The van der Waals surface area contributed by atoms with E-state index in [1.165, 1.54) is 25.7 Å². The van der Waals surface area contributed by atoms with Crippen LogP contribution in [-0.4, -0.2) is 15.0 Å². The van der Waals surface area contributed by atoms with Crippen molar-refractivity contribution in [1.82, 2.24) is 15.0 Å². The van der Waals surface area contributed by atoms with Crippen molar-refractivity contribution in [2.75, 3.05) is 0 Å². The number of nitrogens with one attached hydrogen (secondary N) is 1. The molecule has 2 heterocycles. The minimum atomic E-state index is -0.105. The van der Waals surface area contributed by atoms with Gasteiger partial charge < -0.3 is 4.98 Å². The standard InChI is InChI=1S/C17H23N3O/c1-3-4-5-6-7-10-14-12-16(21)20-17(19-14)15-11-8-9-13(2)18-15/h8-9,11-12H,3-7,10H2,1-2H3,(H,19,20,21). The molecule has 0 amide bonds. The molecule has 0 bridgehead atoms. The topological polar surface area (TPSA) is 58.6 Å². The SMILES string of the molecule is CCCCCCCc1cc(=O)[nH]c(-c2cccc(C)n2)n1. The van der Waals surface area contributed by atoms with Crippen LogP contribution < -0.4 is 5.56 Å². The molecule has 0 saturated heterocycles. The number of pyridine rings is 1. The first-order valence-corrected chi connectivity index (χ1v) is 7.73. The Balaban J connectivity index is 2.09. The van der Waals surface area contributed by atoms with Crippen molar-refractivity contribution in [2.24, 2.45) is 0 Å². The van der Waals surface area contributed by atoms with Gasteiger partial charge in [-0.2, -0.15) is 0 Å². The lowest BCUT2D eigenvalue weighted by molar-refractivity contribution is 0.627. The van der Waals surface area contributed by atoms with E-state index in [1.807, 2.05) is 25.1 Å². The summed E-state index contributed by atoms with van der Waals surface area (Å²) < 4.78 is 0. The molecule has 4 nitrogen and oxygen atoms in total. The number of hydrogen-bond donors (Lipinski definition) is 1. The van der Waals surface area contributed by atoms with Crippen molar-refractivity contribution in [3.8, 4) is 11.5 Å². The zero-order valence-electron chi connectivity index (χ0n) is 12.9. The summed E-state index contributed by atoms with van der Waals surface area (Å²) in [5.41, 5.74) is 2.39. The van der Waals surface area contributed by atoms with Gasteiger partial charge in [0.25, 0.3) is 5.56 Å². The van der Waals surface area contributed by atoms with Crippen LogP contribution in [0.4, 0.5) is 0 Å². The molecule has 0 saturated carbocycles. The Kier molecular flexibility index (Phi) is 5.67. The Morgan fingerprint density at radius 2 is 1.90 bits per heavy atom. The van der Waals surface area contributed by atoms with Crippen LogP contribution in [-0.2, 0) is 6.42 Å². The lowest BCUT2D eigenvalue weighted by atomic mass is 10.1. The van der Waals surface area contributed by atoms with E-state index < -0.39 is 0 Å². The monoisotopic (exact) mass is 285 g/mol. The number of nitrogens with zero attached hydrogens (tertiary/aromatic N) is 2. The van der Waals surface area contributed by atoms with Gasteiger partial charge in [-0.1, -0.05) is 38.7 Å². The number of hydrogen-bond acceptors (Lipinski definition) is 3. The minimum Gasteiger partial charge on any atom is -0.305 e. The van der Waals surface area contributed by atoms with Gasteiger partial charge in [-0.3, -0.25) is 4.79 Å². The van der Waals surface area contributed by atoms with Gasteiger partial charge in [0.2, 0.25) is 0 Å². The number of aromatic amines is 1. The van der Waals surface area contributed by atoms with Crippen molar-refractivity contribution >= 4 is 0 Å². The third-order valence-electron chi connectivity index (χ3n) is 3.46. The molecular formula is C17H23N3O. The van der Waals surface area contributed by atoms with Crippen LogP contribution in [0.3, 0.4) is 0 Å². The van der Waals surface area contributed by atoms with Gasteiger partial charge in [0.05, 0.1) is 0 Å². The molecule has 0 spiro atoms. The smallest absolute Gasteiger partial charge is 0.251 e. The summed E-state index contributed by atoms with van der Waals surface area (Å²) in [6.07, 6.45) is 6.91. The van der Waals surface area contributed by atoms with E-state index in [0.717, 1.165) is 29.9 Å². The second-order valence-corrected chi connectivity index (χ2v) is 5.41. The molecule has 2 aromatic rings. The molecule has 21 heavy (non-hydrogen) atoms. The molecular weight excluding hydrogens is 262 g/mol. The summed E-state index contributed by atoms with van der Waals surface area (Å²) in [5.74, 6) is 0.565. The van der Waals surface area contributed by atoms with Crippen LogP contribution >= 0.6 is 0 Å². The normalized spacial score (nSPS) is 10.8. The van der Waals surface area contributed by atoms with Gasteiger partial charge in [0.1, 0.15) is 5.69 Å². The first kappa shape index (κ1) is 15.4. The number of aromatic nitrogens is 3. The first-order valence-electron chi connectivity index (χ1n) is 7.73. The number of aryl methyl sites for hydroxylation is 2. The van der Waals surface area contributed by atoms with Gasteiger partial charge in [-0.25, -0.2) is 9.97 Å². The summed E-state index contributed by atoms with van der Waals surface area (Å²) >= 11 is 0. The van der Waals surface area contributed by atoms with E-state index in [1.54, 1.807) is 6.07 Å². The van der Waals surface area contributed by atoms with E-state index >= 15 is 0 Å². The Morgan fingerprint density at radius 1 is 1.10 bits per heavy atom. The van der Waals surface area contributed by atoms with Crippen LogP contribution in [0.1, 0.15) is 50.4 Å². The molecule has 0 aliphatic heterocycles. The van der Waals surface area contributed by atoms with Crippen molar-refractivity contribution in [2.45, 2.75) is 52.4 Å². The summed E-state index contributed by atoms with van der Waals surface area (Å²) in [5, 5.41) is 0. The van der Waals surface area contributed by atoms with Crippen LogP contribution in [0, 0.1) is 6.92 Å². The Bertz CT molecular complexity index is 634. The fourth-order valence-corrected chi connectivity index (χ4v) is 2.34. The predicted octanol–water partition coefficient (Wildman–Crippen LogP) is 3.65. The highest BCUT2D eigenvalue weighted by atomic mass is 16.1. The maximum atomic E-state index is 11.8. The average molecular weight is 285 g/mol. The Hall–Kier alpha value is -1.97. The van der Waals surface area contributed by atoms with E-state index in [2.05, 4.69) is 21.9 Å². The Labute approximate surface area is 125 Å². The quantitative estimate of drug-likeness (QED) is 0.790. The highest BCUT2D eigenvalue weighted by molar-refractivity contribution is 5.48. The fourth-order valence-electron chi connectivity index (χ4n) is 2.34. The van der Waals surface area contributed by atoms with Crippen LogP contribution in [0.15, 0.2) is 29.1 Å². The van der Waals surface area contributed by atoms with Crippen LogP contribution in [0.2, 0.25) is 0 Å². The molecule has 0 atom stereocenters. The summed E-state index contributed by atoms with van der Waals surface area (Å²) in [7, 11) is 0. The summed E-state index contributed by atoms with van der Waals surface area (Å²) in [6, 6.07) is 7.32. The van der Waals surface area contributed by atoms with Crippen LogP contribution in [0.25, 0.3) is 11.5 Å². The third-order valence-corrected chi connectivity index (χ3v) is 3.46. The van der Waals surface area contributed by atoms with E-state index in [0.29, 0.717) is 5.82 Å². The van der Waals surface area contributed by atoms with Crippen molar-refractivity contribution in [3.05, 3.63) is 46.0 Å². The van der Waals surface area contributed by atoms with E-state index in [9.17, 15) is 4.79 Å². The maximum absolute atomic E-state index is 11.8. The number of H-pyrrole nitrogens is 1. The molecule has 1 N–H and O–H groups in total. The average Bonchev–Trinajstić information content (AvgIpc) is 2.46. The molecule has 0 aliphatic rings. The first-order chi connectivity index (χ1) is 10.2. The van der Waals surface area contributed by atoms with Gasteiger partial charge in [-0.05, 0) is 31.9 Å². The molecule has 0 unspecified atom stereocenters. The summed E-state index contributed by atoms with van der Waals surface area (Å²) in [4.78, 5) is 23.5. The van der Waals surface area contributed by atoms with Crippen LogP contribution in [0.5, 0.6) is 0 Å². The number of rotatable bonds is 7. The zero-order chi connectivity index (χ0) is 15.1. The largest absolute Gasteiger partial charge is 0.305 e. The zero-order valence-corrected chi connectivity index (χ0v) is 12.9. The molecule has 0 radical (unpaired) electrons. The highest BCUT2D eigenvalue weighted by Gasteiger charge is 2.05. The van der Waals surface area contributed by atoms with Gasteiger partial charge in [-0.15, -0.1) is 0 Å². The predicted molar refractivity (Wildman–Crippen MR) is 85.3 cm³/mol. The second-order valence-electron chi connectivity index (χ2n) is 5.41. The molecule has 0 aliphatic carbocycles. The lowest BCUT2D eigenvalue weighted by Gasteiger charge is -2.05. The van der Waals surface area contributed by atoms with Crippen molar-refractivity contribution in [3.63, 3.8) is 0 Å². The molecule has 4 heteroatoms. The third kappa shape index (κ3) is 4.81. The molecule has 112 valence electrons. The van der Waals surface area contributed by atoms with Gasteiger partial charge in [0.15, 0.2) is 5.82 Å². The van der Waals surface area contributed by atoms with E-state index in [-0.39, 0.29) is 5.56 Å². The van der Waals surface area contributed by atoms with E-state index in [4.69, 9.17) is 0 Å². The van der Waals surface area contributed by atoms with Gasteiger partial charge in [0, 0.05) is 17.5 Å². The lowest BCUT2D eigenvalue weighted by Crippen LogP contribution is -2.11. The minimum absolute atomic E-state index is 0.105. The maximum Gasteiger partial charge on any atom is 0.251 e. The van der Waals surface area contributed by atoms with Gasteiger partial charge >= 0.3 is 0 Å². The summed E-state index contributed by atoms with van der Waals surface area (Å²) in [6.45, 7) is 4.14. The second kappa shape index (κ2) is 7.72. The fraction of sp³-hybridized carbons (Fsp3) is 0.471. The Morgan fingerprint density at radius 3 is 2.67 bits per heavy atom. The number of unbranched alkanes of at least 4 members (excludes halogenated alkanes) is 4. The molecule has 2 rings (SSSR count). The highest BCUT2D eigenvalue weighted by Crippen LogP contribution is 2.12. The molecule has 2 aromatic heterocycles. The molecule has 0 fully saturated rings. The van der Waals surface area contributed by atoms with Crippen molar-refractivity contribution in [1.29, 1.82) is 0 Å².